The Bertz CT molecular complexity index is 308. The Labute approximate surface area is 96.2 Å². The molecule has 0 saturated heterocycles. The van der Waals surface area contributed by atoms with Crippen molar-refractivity contribution in [3.8, 4) is 6.07 Å². The number of nitrogens with zero attached hydrogens (tertiary/aromatic N) is 1. The minimum atomic E-state index is 0.658. The zero-order valence-electron chi connectivity index (χ0n) is 7.16. The first-order valence-corrected chi connectivity index (χ1v) is 6.07. The van der Waals surface area contributed by atoms with Crippen LogP contribution in [-0.4, -0.2) is 0 Å². The second kappa shape index (κ2) is 6.17. The van der Waals surface area contributed by atoms with Gasteiger partial charge in [-0.15, -0.1) is 11.3 Å². The molecule has 1 nitrogen and oxygen atoms in total. The lowest BCUT2D eigenvalue weighted by Gasteiger charge is -1.93. The molecule has 1 heterocycles. The highest BCUT2D eigenvalue weighted by molar-refractivity contribution is 14.1. The number of thiophene rings is 1. The fourth-order valence-electron chi connectivity index (χ4n) is 0.925. The second-order valence-corrected chi connectivity index (χ2v) is 4.69. The van der Waals surface area contributed by atoms with Crippen LogP contribution in [0.25, 0.3) is 3.58 Å². The minimum Gasteiger partial charge on any atom is -0.198 e. The summed E-state index contributed by atoms with van der Waals surface area (Å²) < 4.78 is 1.30. The topological polar surface area (TPSA) is 23.8 Å². The van der Waals surface area contributed by atoms with Crippen LogP contribution in [0.2, 0.25) is 0 Å². The maximum Gasteiger partial charge on any atom is 0.0621 e. The number of unbranched alkanes of at least 4 members (excludes halogenated alkanes) is 2. The fraction of sp³-hybridized carbons (Fsp3) is 0.300. The van der Waals surface area contributed by atoms with Crippen molar-refractivity contribution in [1.29, 1.82) is 5.26 Å². The zero-order chi connectivity index (χ0) is 9.52. The van der Waals surface area contributed by atoms with Crippen LogP contribution in [0.4, 0.5) is 0 Å². The van der Waals surface area contributed by atoms with Gasteiger partial charge in [0.2, 0.25) is 0 Å². The summed E-state index contributed by atoms with van der Waals surface area (Å²) in [6, 6.07) is 6.32. The van der Waals surface area contributed by atoms with E-state index in [1.807, 2.05) is 0 Å². The van der Waals surface area contributed by atoms with E-state index in [4.69, 9.17) is 5.26 Å². The first-order chi connectivity index (χ1) is 6.34. The van der Waals surface area contributed by atoms with Crippen molar-refractivity contribution >= 4 is 37.5 Å². The third-order valence-corrected chi connectivity index (χ3v) is 3.86. The monoisotopic (exact) mass is 303 g/mol. The summed E-state index contributed by atoms with van der Waals surface area (Å²) in [4.78, 5) is 1.32. The lowest BCUT2D eigenvalue weighted by molar-refractivity contribution is 0.879. The average Bonchev–Trinajstić information content (AvgIpc) is 2.65. The summed E-state index contributed by atoms with van der Waals surface area (Å²) in [6.45, 7) is 0. The van der Waals surface area contributed by atoms with Gasteiger partial charge in [-0.3, -0.25) is 0 Å². The smallest absolute Gasteiger partial charge is 0.0621 e. The van der Waals surface area contributed by atoms with Crippen molar-refractivity contribution in [2.45, 2.75) is 19.3 Å². The molecule has 1 aromatic rings. The van der Waals surface area contributed by atoms with Gasteiger partial charge in [0.15, 0.2) is 0 Å². The molecule has 0 bridgehead atoms. The first-order valence-electron chi connectivity index (χ1n) is 4.11. The molecule has 0 saturated carbocycles. The summed E-state index contributed by atoms with van der Waals surface area (Å²) in [5.74, 6) is 0. The third-order valence-electron chi connectivity index (χ3n) is 1.57. The van der Waals surface area contributed by atoms with E-state index in [0.29, 0.717) is 6.42 Å². The van der Waals surface area contributed by atoms with Crippen molar-refractivity contribution in [3.63, 3.8) is 0 Å². The summed E-state index contributed by atoms with van der Waals surface area (Å²) >= 11 is 4.10. The van der Waals surface area contributed by atoms with Crippen molar-refractivity contribution in [2.75, 3.05) is 0 Å². The summed E-state index contributed by atoms with van der Waals surface area (Å²) in [6.07, 6.45) is 4.83. The summed E-state index contributed by atoms with van der Waals surface area (Å²) in [7, 11) is 0. The van der Waals surface area contributed by atoms with E-state index < -0.39 is 0 Å². The Morgan fingerprint density at radius 1 is 1.69 bits per heavy atom. The molecule has 0 N–H and O–H groups in total. The molecule has 0 amide bonds. The predicted molar refractivity (Wildman–Crippen MR) is 65.8 cm³/mol. The van der Waals surface area contributed by atoms with Crippen LogP contribution in [0.15, 0.2) is 23.6 Å². The minimum absolute atomic E-state index is 0.658. The molecular formula is C10H10INS. The maximum absolute atomic E-state index is 8.34. The molecule has 1 rings (SSSR count). The molecule has 0 aliphatic rings. The molecule has 0 aliphatic heterocycles. The SMILES string of the molecule is N#CCCC/C=C(/I)c1cccs1. The Kier molecular flexibility index (Phi) is 5.09. The van der Waals surface area contributed by atoms with Crippen LogP contribution in [-0.2, 0) is 0 Å². The molecule has 0 radical (unpaired) electrons. The number of hydrogen-bond acceptors (Lipinski definition) is 2. The van der Waals surface area contributed by atoms with Gasteiger partial charge < -0.3 is 0 Å². The van der Waals surface area contributed by atoms with Gasteiger partial charge in [-0.1, -0.05) is 12.1 Å². The Hall–Kier alpha value is -0.340. The van der Waals surface area contributed by atoms with Crippen LogP contribution < -0.4 is 0 Å². The van der Waals surface area contributed by atoms with E-state index in [1.54, 1.807) is 11.3 Å². The Balaban J connectivity index is 2.40. The molecule has 0 unspecified atom stereocenters. The molecule has 0 spiro atoms. The van der Waals surface area contributed by atoms with Gasteiger partial charge in [-0.25, -0.2) is 0 Å². The highest BCUT2D eigenvalue weighted by Gasteiger charge is 1.96. The molecular weight excluding hydrogens is 293 g/mol. The van der Waals surface area contributed by atoms with Gasteiger partial charge in [0.05, 0.1) is 6.07 Å². The number of rotatable bonds is 4. The average molecular weight is 303 g/mol. The van der Waals surface area contributed by atoms with Crippen LogP contribution in [0.5, 0.6) is 0 Å². The predicted octanol–water partition coefficient (Wildman–Crippen LogP) is 4.22. The van der Waals surface area contributed by atoms with Crippen molar-refractivity contribution in [2.24, 2.45) is 0 Å². The van der Waals surface area contributed by atoms with Gasteiger partial charge in [0.25, 0.3) is 0 Å². The van der Waals surface area contributed by atoms with Crippen molar-refractivity contribution < 1.29 is 0 Å². The standard InChI is InChI=1S/C10H10INS/c11-9(5-2-1-3-7-12)10-6-4-8-13-10/h4-6,8H,1-3H2/b9-5+. The summed E-state index contributed by atoms with van der Waals surface area (Å²) in [5, 5.41) is 10.4. The number of hydrogen-bond donors (Lipinski definition) is 0. The molecule has 0 aromatic carbocycles. The number of nitriles is 1. The van der Waals surface area contributed by atoms with E-state index in [-0.39, 0.29) is 0 Å². The van der Waals surface area contributed by atoms with Crippen molar-refractivity contribution in [3.05, 3.63) is 28.5 Å². The second-order valence-electron chi connectivity index (χ2n) is 2.58. The molecule has 0 aliphatic carbocycles. The Morgan fingerprint density at radius 3 is 3.15 bits per heavy atom. The van der Waals surface area contributed by atoms with Gasteiger partial charge >= 0.3 is 0 Å². The van der Waals surface area contributed by atoms with E-state index in [2.05, 4.69) is 52.2 Å². The molecule has 0 fully saturated rings. The Morgan fingerprint density at radius 2 is 2.54 bits per heavy atom. The van der Waals surface area contributed by atoms with E-state index in [9.17, 15) is 0 Å². The lowest BCUT2D eigenvalue weighted by atomic mass is 10.2. The zero-order valence-corrected chi connectivity index (χ0v) is 10.1. The largest absolute Gasteiger partial charge is 0.198 e. The number of allylic oxidation sites excluding steroid dienone is 1. The van der Waals surface area contributed by atoms with Crippen LogP contribution >= 0.6 is 33.9 Å². The summed E-state index contributed by atoms with van der Waals surface area (Å²) in [5.41, 5.74) is 0. The number of halogens is 1. The molecule has 0 atom stereocenters. The van der Waals surface area contributed by atoms with Crippen LogP contribution in [0, 0.1) is 11.3 Å². The third kappa shape index (κ3) is 3.92. The maximum atomic E-state index is 8.34. The van der Waals surface area contributed by atoms with Crippen LogP contribution in [0.1, 0.15) is 24.1 Å². The van der Waals surface area contributed by atoms with Gasteiger partial charge in [0.1, 0.15) is 0 Å². The highest BCUT2D eigenvalue weighted by atomic mass is 127. The lowest BCUT2D eigenvalue weighted by Crippen LogP contribution is -1.71. The normalized spacial score (nSPS) is 11.2. The highest BCUT2D eigenvalue weighted by Crippen LogP contribution is 2.26. The molecule has 13 heavy (non-hydrogen) atoms. The van der Waals surface area contributed by atoms with Gasteiger partial charge in [-0.2, -0.15) is 5.26 Å². The van der Waals surface area contributed by atoms with Gasteiger partial charge in [0, 0.05) is 14.9 Å². The van der Waals surface area contributed by atoms with Gasteiger partial charge in [-0.05, 0) is 46.9 Å². The fourth-order valence-corrected chi connectivity index (χ4v) is 2.45. The van der Waals surface area contributed by atoms with E-state index >= 15 is 0 Å². The molecule has 68 valence electrons. The first kappa shape index (κ1) is 10.7. The molecule has 1 aromatic heterocycles. The van der Waals surface area contributed by atoms with Crippen LogP contribution in [0.3, 0.4) is 0 Å². The van der Waals surface area contributed by atoms with Crippen molar-refractivity contribution in [1.82, 2.24) is 0 Å². The molecule has 3 heteroatoms. The van der Waals surface area contributed by atoms with E-state index in [0.717, 1.165) is 12.8 Å². The van der Waals surface area contributed by atoms with E-state index in [1.165, 1.54) is 8.46 Å². The quantitative estimate of drug-likeness (QED) is 0.603.